The average molecular weight is 255 g/mol. The predicted molar refractivity (Wildman–Crippen MR) is 63.8 cm³/mol. The van der Waals surface area contributed by atoms with E-state index in [1.54, 1.807) is 0 Å². The minimum atomic E-state index is -0.505. The SMILES string of the molecule is CC(=O)c1cc([N+](=O)[O-])c(OCCC2CC2)s1. The molecule has 0 N–H and O–H groups in total. The lowest BCUT2D eigenvalue weighted by atomic mass is 10.3. The molecule has 0 saturated heterocycles. The number of hydrogen-bond acceptors (Lipinski definition) is 5. The van der Waals surface area contributed by atoms with Gasteiger partial charge in [-0.25, -0.2) is 0 Å². The maximum atomic E-state index is 11.2. The van der Waals surface area contributed by atoms with Crippen LogP contribution in [0.4, 0.5) is 5.69 Å². The van der Waals surface area contributed by atoms with E-state index in [9.17, 15) is 14.9 Å². The lowest BCUT2D eigenvalue weighted by Gasteiger charge is -2.01. The smallest absolute Gasteiger partial charge is 0.323 e. The molecule has 0 radical (unpaired) electrons. The van der Waals surface area contributed by atoms with Crippen molar-refractivity contribution in [3.63, 3.8) is 0 Å². The maximum absolute atomic E-state index is 11.2. The molecule has 0 aromatic carbocycles. The van der Waals surface area contributed by atoms with Crippen LogP contribution in [-0.4, -0.2) is 17.3 Å². The maximum Gasteiger partial charge on any atom is 0.323 e. The number of nitro groups is 1. The molecule has 0 aliphatic heterocycles. The van der Waals surface area contributed by atoms with Crippen molar-refractivity contribution < 1.29 is 14.5 Å². The number of thiophene rings is 1. The van der Waals surface area contributed by atoms with Gasteiger partial charge in [-0.15, -0.1) is 0 Å². The van der Waals surface area contributed by atoms with Crippen molar-refractivity contribution in [2.75, 3.05) is 6.61 Å². The molecule has 1 aliphatic rings. The van der Waals surface area contributed by atoms with Crippen molar-refractivity contribution in [2.24, 2.45) is 5.92 Å². The van der Waals surface area contributed by atoms with E-state index >= 15 is 0 Å². The fourth-order valence-electron chi connectivity index (χ4n) is 1.49. The average Bonchev–Trinajstić information content (AvgIpc) is 2.95. The van der Waals surface area contributed by atoms with Gasteiger partial charge in [0.05, 0.1) is 16.4 Å². The highest BCUT2D eigenvalue weighted by Gasteiger charge is 2.24. The summed E-state index contributed by atoms with van der Waals surface area (Å²) in [6, 6.07) is 1.29. The Kier molecular flexibility index (Phi) is 3.42. The number of Topliss-reactive ketones (excluding diaryl/α,β-unsaturated/α-hetero) is 1. The topological polar surface area (TPSA) is 69.4 Å². The molecular formula is C11H13NO4S. The molecule has 0 spiro atoms. The summed E-state index contributed by atoms with van der Waals surface area (Å²) in [5, 5.41) is 11.0. The molecule has 0 atom stereocenters. The van der Waals surface area contributed by atoms with Crippen molar-refractivity contribution in [2.45, 2.75) is 26.2 Å². The summed E-state index contributed by atoms with van der Waals surface area (Å²) in [6.45, 7) is 1.88. The molecule has 1 fully saturated rings. The largest absolute Gasteiger partial charge is 0.479 e. The van der Waals surface area contributed by atoms with Gasteiger partial charge in [0.1, 0.15) is 0 Å². The van der Waals surface area contributed by atoms with Crippen LogP contribution >= 0.6 is 11.3 Å². The molecule has 1 aliphatic carbocycles. The van der Waals surface area contributed by atoms with E-state index in [1.807, 2.05) is 0 Å². The van der Waals surface area contributed by atoms with Crippen LogP contribution in [0.25, 0.3) is 0 Å². The van der Waals surface area contributed by atoms with Crippen LogP contribution in [0.1, 0.15) is 35.9 Å². The second-order valence-electron chi connectivity index (χ2n) is 4.18. The van der Waals surface area contributed by atoms with Gasteiger partial charge in [-0.05, 0) is 19.3 Å². The van der Waals surface area contributed by atoms with Gasteiger partial charge >= 0.3 is 5.69 Å². The molecule has 2 rings (SSSR count). The number of ether oxygens (including phenoxy) is 1. The molecule has 1 saturated carbocycles. The Hall–Kier alpha value is -1.43. The van der Waals surface area contributed by atoms with Gasteiger partial charge in [0, 0.05) is 6.07 Å². The van der Waals surface area contributed by atoms with E-state index in [-0.39, 0.29) is 16.5 Å². The highest BCUT2D eigenvalue weighted by atomic mass is 32.1. The molecule has 92 valence electrons. The number of carbonyl (C=O) groups excluding carboxylic acids is 1. The van der Waals surface area contributed by atoms with Crippen molar-refractivity contribution in [1.82, 2.24) is 0 Å². The van der Waals surface area contributed by atoms with Crippen molar-refractivity contribution in [3.8, 4) is 5.06 Å². The van der Waals surface area contributed by atoms with Crippen LogP contribution in [0, 0.1) is 16.0 Å². The highest BCUT2D eigenvalue weighted by molar-refractivity contribution is 7.16. The van der Waals surface area contributed by atoms with E-state index in [2.05, 4.69) is 0 Å². The minimum absolute atomic E-state index is 0.101. The van der Waals surface area contributed by atoms with Crippen LogP contribution in [0.3, 0.4) is 0 Å². The van der Waals surface area contributed by atoms with E-state index < -0.39 is 4.92 Å². The van der Waals surface area contributed by atoms with E-state index in [0.717, 1.165) is 23.7 Å². The Bertz CT molecular complexity index is 450. The summed E-state index contributed by atoms with van der Waals surface area (Å²) in [4.78, 5) is 21.8. The summed E-state index contributed by atoms with van der Waals surface area (Å²) in [5.41, 5.74) is -0.101. The summed E-state index contributed by atoms with van der Waals surface area (Å²) in [5.74, 6) is 0.552. The number of carbonyl (C=O) groups is 1. The molecule has 1 heterocycles. The lowest BCUT2D eigenvalue weighted by Crippen LogP contribution is -1.98. The minimum Gasteiger partial charge on any atom is -0.479 e. The molecule has 1 aromatic rings. The fourth-order valence-corrected chi connectivity index (χ4v) is 2.39. The first-order valence-corrected chi connectivity index (χ1v) is 6.31. The number of rotatable bonds is 6. The monoisotopic (exact) mass is 255 g/mol. The molecular weight excluding hydrogens is 242 g/mol. The Morgan fingerprint density at radius 2 is 2.35 bits per heavy atom. The molecule has 6 heteroatoms. The Morgan fingerprint density at radius 3 is 2.88 bits per heavy atom. The Balaban J connectivity index is 2.06. The third-order valence-corrected chi connectivity index (χ3v) is 3.82. The normalized spacial score (nSPS) is 14.6. The zero-order chi connectivity index (χ0) is 12.4. The Labute approximate surface area is 103 Å². The van der Waals surface area contributed by atoms with Crippen LogP contribution in [0.2, 0.25) is 0 Å². The molecule has 0 amide bonds. The van der Waals surface area contributed by atoms with E-state index in [1.165, 1.54) is 25.8 Å². The Morgan fingerprint density at radius 1 is 1.65 bits per heavy atom. The molecule has 0 unspecified atom stereocenters. The highest BCUT2D eigenvalue weighted by Crippen LogP contribution is 2.38. The fraction of sp³-hybridized carbons (Fsp3) is 0.545. The van der Waals surface area contributed by atoms with E-state index in [4.69, 9.17) is 4.74 Å². The predicted octanol–water partition coefficient (Wildman–Crippen LogP) is 3.04. The second kappa shape index (κ2) is 4.83. The molecule has 1 aromatic heterocycles. The van der Waals surface area contributed by atoms with Crippen LogP contribution < -0.4 is 4.74 Å². The first-order chi connectivity index (χ1) is 8.08. The number of hydrogen-bond donors (Lipinski definition) is 0. The van der Waals surface area contributed by atoms with Gasteiger partial charge in [0.15, 0.2) is 5.78 Å². The summed E-state index contributed by atoms with van der Waals surface area (Å²) >= 11 is 1.05. The van der Waals surface area contributed by atoms with Gasteiger partial charge in [0.2, 0.25) is 0 Å². The second-order valence-corrected chi connectivity index (χ2v) is 5.19. The van der Waals surface area contributed by atoms with Crippen LogP contribution in [0.5, 0.6) is 5.06 Å². The third kappa shape index (κ3) is 3.03. The molecule has 17 heavy (non-hydrogen) atoms. The number of ketones is 1. The molecule has 5 nitrogen and oxygen atoms in total. The van der Waals surface area contributed by atoms with Gasteiger partial charge in [-0.3, -0.25) is 14.9 Å². The van der Waals surface area contributed by atoms with Crippen LogP contribution in [0.15, 0.2) is 6.07 Å². The van der Waals surface area contributed by atoms with Crippen molar-refractivity contribution in [3.05, 3.63) is 21.1 Å². The van der Waals surface area contributed by atoms with Crippen molar-refractivity contribution >= 4 is 22.8 Å². The zero-order valence-corrected chi connectivity index (χ0v) is 10.3. The van der Waals surface area contributed by atoms with Gasteiger partial charge in [-0.2, -0.15) is 0 Å². The van der Waals surface area contributed by atoms with Gasteiger partial charge in [-0.1, -0.05) is 24.2 Å². The van der Waals surface area contributed by atoms with Crippen molar-refractivity contribution in [1.29, 1.82) is 0 Å². The van der Waals surface area contributed by atoms with Gasteiger partial charge < -0.3 is 4.74 Å². The van der Waals surface area contributed by atoms with Crippen LogP contribution in [-0.2, 0) is 0 Å². The van der Waals surface area contributed by atoms with E-state index in [0.29, 0.717) is 11.5 Å². The summed E-state index contributed by atoms with van der Waals surface area (Å²) in [6.07, 6.45) is 3.40. The zero-order valence-electron chi connectivity index (χ0n) is 9.47. The van der Waals surface area contributed by atoms with Gasteiger partial charge in [0.25, 0.3) is 5.06 Å². The molecule has 0 bridgehead atoms. The summed E-state index contributed by atoms with van der Waals surface area (Å²) in [7, 11) is 0. The first-order valence-electron chi connectivity index (χ1n) is 5.50. The first kappa shape index (κ1) is 12.0. The third-order valence-electron chi connectivity index (χ3n) is 2.68. The quantitative estimate of drug-likeness (QED) is 0.445. The summed E-state index contributed by atoms with van der Waals surface area (Å²) < 4.78 is 5.40. The lowest BCUT2D eigenvalue weighted by molar-refractivity contribution is -0.385. The standard InChI is InChI=1S/C11H13NO4S/c1-7(13)10-6-9(12(14)15)11(17-10)16-5-4-8-2-3-8/h6,8H,2-5H2,1H3. The number of nitrogens with zero attached hydrogens (tertiary/aromatic N) is 1.